The smallest absolute Gasteiger partial charge is 0.305 e. The van der Waals surface area contributed by atoms with E-state index in [4.69, 9.17) is 5.11 Å². The number of anilines is 1. The molecule has 1 aromatic heterocycles. The highest BCUT2D eigenvalue weighted by Crippen LogP contribution is 2.26. The molecule has 0 saturated carbocycles. The van der Waals surface area contributed by atoms with E-state index in [2.05, 4.69) is 10.3 Å². The summed E-state index contributed by atoms with van der Waals surface area (Å²) in [5, 5.41) is 22.9. The molecule has 0 aliphatic rings. The number of nitrogens with one attached hydrogen (secondary N) is 1. The molecule has 1 unspecified atom stereocenters. The summed E-state index contributed by atoms with van der Waals surface area (Å²) in [6, 6.07) is 1.00. The van der Waals surface area contributed by atoms with E-state index < -0.39 is 10.9 Å². The van der Waals surface area contributed by atoms with Crippen LogP contribution in [0, 0.1) is 22.5 Å². The number of aromatic nitrogens is 1. The highest BCUT2D eigenvalue weighted by molar-refractivity contribution is 5.68. The Morgan fingerprint density at radius 3 is 2.62 bits per heavy atom. The molecular weight excluding hydrogens is 274 g/mol. The molecule has 0 fully saturated rings. The number of hydrogen-bond acceptors (Lipinski definition) is 5. The molecule has 21 heavy (non-hydrogen) atoms. The molecule has 2 N–H and O–H groups in total. The normalized spacial score (nSPS) is 12.8. The number of nitrogens with zero attached hydrogens (tertiary/aromatic N) is 2. The lowest BCUT2D eigenvalue weighted by Crippen LogP contribution is -2.28. The molecule has 1 rings (SSSR count). The summed E-state index contributed by atoms with van der Waals surface area (Å²) in [7, 11) is 0. The van der Waals surface area contributed by atoms with Crippen LogP contribution in [0.15, 0.2) is 12.3 Å². The number of hydrogen-bond donors (Lipinski definition) is 2. The molecule has 0 aliphatic heterocycles. The first kappa shape index (κ1) is 16.9. The molecule has 7 nitrogen and oxygen atoms in total. The first-order valence-electron chi connectivity index (χ1n) is 6.68. The molecule has 0 spiro atoms. The minimum atomic E-state index is -0.918. The van der Waals surface area contributed by atoms with Crippen molar-refractivity contribution in [2.24, 2.45) is 5.41 Å². The van der Waals surface area contributed by atoms with Gasteiger partial charge in [-0.05, 0) is 18.8 Å². The van der Waals surface area contributed by atoms with E-state index in [-0.39, 0.29) is 23.6 Å². The summed E-state index contributed by atoms with van der Waals surface area (Å²) >= 11 is 0. The average molecular weight is 295 g/mol. The van der Waals surface area contributed by atoms with Crippen LogP contribution < -0.4 is 5.32 Å². The Morgan fingerprint density at radius 2 is 2.14 bits per heavy atom. The number of carbonyl (C=O) groups is 1. The summed E-state index contributed by atoms with van der Waals surface area (Å²) in [6.45, 7) is 7.64. The molecule has 0 aliphatic carbocycles. The predicted molar refractivity (Wildman–Crippen MR) is 79.4 cm³/mol. The second kappa shape index (κ2) is 6.51. The van der Waals surface area contributed by atoms with Crippen LogP contribution in [-0.4, -0.2) is 27.0 Å². The highest BCUT2D eigenvalue weighted by Gasteiger charge is 2.22. The van der Waals surface area contributed by atoms with Crippen LogP contribution in [0.2, 0.25) is 0 Å². The third-order valence-electron chi connectivity index (χ3n) is 2.90. The first-order valence-corrected chi connectivity index (χ1v) is 6.68. The van der Waals surface area contributed by atoms with Crippen LogP contribution in [0.25, 0.3) is 0 Å². The van der Waals surface area contributed by atoms with Crippen LogP contribution in [0.4, 0.5) is 11.5 Å². The van der Waals surface area contributed by atoms with Crippen LogP contribution in [-0.2, 0) is 4.79 Å². The molecule has 0 aromatic carbocycles. The van der Waals surface area contributed by atoms with Gasteiger partial charge in [0, 0.05) is 17.8 Å². The van der Waals surface area contributed by atoms with Gasteiger partial charge < -0.3 is 10.4 Å². The van der Waals surface area contributed by atoms with Crippen molar-refractivity contribution in [3.63, 3.8) is 0 Å². The van der Waals surface area contributed by atoms with Crippen molar-refractivity contribution >= 4 is 17.5 Å². The number of nitro groups is 1. The van der Waals surface area contributed by atoms with Crippen molar-refractivity contribution in [2.75, 3.05) is 5.32 Å². The lowest BCUT2D eigenvalue weighted by Gasteiger charge is -2.26. The van der Waals surface area contributed by atoms with Gasteiger partial charge in [-0.3, -0.25) is 14.9 Å². The fourth-order valence-electron chi connectivity index (χ4n) is 2.12. The standard InChI is InChI=1S/C14H21N3O4/c1-9-8-15-12(6-11(9)17(20)21)16-10(5-13(18)19)7-14(2,3)4/h6,8,10H,5,7H2,1-4H3,(H,15,16)(H,18,19). The summed E-state index contributed by atoms with van der Waals surface area (Å²) in [6.07, 6.45) is 1.96. The number of rotatable bonds is 6. The topological polar surface area (TPSA) is 105 Å². The minimum absolute atomic E-state index is 0.0302. The monoisotopic (exact) mass is 295 g/mol. The van der Waals surface area contributed by atoms with Crippen molar-refractivity contribution < 1.29 is 14.8 Å². The average Bonchev–Trinajstić information content (AvgIpc) is 2.28. The van der Waals surface area contributed by atoms with Gasteiger partial charge in [-0.15, -0.1) is 0 Å². The fraction of sp³-hybridized carbons (Fsp3) is 0.571. The minimum Gasteiger partial charge on any atom is -0.481 e. The van der Waals surface area contributed by atoms with Gasteiger partial charge in [0.15, 0.2) is 0 Å². The van der Waals surface area contributed by atoms with Crippen molar-refractivity contribution in [1.82, 2.24) is 4.98 Å². The maximum atomic E-state index is 10.9. The Hall–Kier alpha value is -2.18. The van der Waals surface area contributed by atoms with E-state index in [1.54, 1.807) is 6.92 Å². The molecule has 116 valence electrons. The molecule has 1 atom stereocenters. The zero-order chi connectivity index (χ0) is 16.2. The van der Waals surface area contributed by atoms with Crippen LogP contribution >= 0.6 is 0 Å². The summed E-state index contributed by atoms with van der Waals surface area (Å²) in [5.74, 6) is -0.596. The maximum absolute atomic E-state index is 10.9. The number of aliphatic carboxylic acids is 1. The Labute approximate surface area is 123 Å². The Morgan fingerprint density at radius 1 is 1.52 bits per heavy atom. The lowest BCUT2D eigenvalue weighted by atomic mass is 9.87. The molecule has 1 heterocycles. The van der Waals surface area contributed by atoms with Gasteiger partial charge in [0.25, 0.3) is 5.69 Å². The number of pyridine rings is 1. The van der Waals surface area contributed by atoms with Crippen LogP contribution in [0.3, 0.4) is 0 Å². The van der Waals surface area contributed by atoms with E-state index in [0.29, 0.717) is 17.8 Å². The maximum Gasteiger partial charge on any atom is 0.305 e. The van der Waals surface area contributed by atoms with Gasteiger partial charge in [-0.1, -0.05) is 20.8 Å². The second-order valence-corrected chi connectivity index (χ2v) is 6.32. The van der Waals surface area contributed by atoms with Gasteiger partial charge in [0.2, 0.25) is 0 Å². The van der Waals surface area contributed by atoms with Crippen molar-refractivity contribution in [2.45, 2.75) is 46.6 Å². The Bertz CT molecular complexity index is 538. The summed E-state index contributed by atoms with van der Waals surface area (Å²) in [4.78, 5) is 25.5. The van der Waals surface area contributed by atoms with E-state index in [9.17, 15) is 14.9 Å². The fourth-order valence-corrected chi connectivity index (χ4v) is 2.12. The third kappa shape index (κ3) is 5.76. The Balaban J connectivity index is 2.95. The zero-order valence-corrected chi connectivity index (χ0v) is 12.7. The van der Waals surface area contributed by atoms with Crippen LogP contribution in [0.1, 0.15) is 39.2 Å². The summed E-state index contributed by atoms with van der Waals surface area (Å²) < 4.78 is 0. The molecule has 0 radical (unpaired) electrons. The van der Waals surface area contributed by atoms with Gasteiger partial charge in [0.1, 0.15) is 5.82 Å². The van der Waals surface area contributed by atoms with Crippen molar-refractivity contribution in [1.29, 1.82) is 0 Å². The largest absolute Gasteiger partial charge is 0.481 e. The molecule has 0 bridgehead atoms. The quantitative estimate of drug-likeness (QED) is 0.617. The first-order chi connectivity index (χ1) is 9.58. The highest BCUT2D eigenvalue weighted by atomic mass is 16.6. The van der Waals surface area contributed by atoms with E-state index in [0.717, 1.165) is 0 Å². The molecular formula is C14H21N3O4. The molecule has 7 heteroatoms. The lowest BCUT2D eigenvalue weighted by molar-refractivity contribution is -0.385. The SMILES string of the molecule is Cc1cnc(NC(CC(=O)O)CC(C)(C)C)cc1[N+](=O)[O-]. The number of aryl methyl sites for hydroxylation is 1. The van der Waals surface area contributed by atoms with Gasteiger partial charge in [-0.2, -0.15) is 0 Å². The van der Waals surface area contributed by atoms with Gasteiger partial charge in [0.05, 0.1) is 17.4 Å². The number of carboxylic acid groups (broad SMARTS) is 1. The molecule has 0 amide bonds. The summed E-state index contributed by atoms with van der Waals surface area (Å²) in [5.41, 5.74) is 0.373. The van der Waals surface area contributed by atoms with E-state index >= 15 is 0 Å². The van der Waals surface area contributed by atoms with Gasteiger partial charge >= 0.3 is 5.97 Å². The molecule has 0 saturated heterocycles. The second-order valence-electron chi connectivity index (χ2n) is 6.32. The van der Waals surface area contributed by atoms with Crippen molar-refractivity contribution in [3.05, 3.63) is 27.9 Å². The van der Waals surface area contributed by atoms with E-state index in [1.165, 1.54) is 12.3 Å². The third-order valence-corrected chi connectivity index (χ3v) is 2.90. The number of carboxylic acids is 1. The zero-order valence-electron chi connectivity index (χ0n) is 12.7. The van der Waals surface area contributed by atoms with Crippen LogP contribution in [0.5, 0.6) is 0 Å². The van der Waals surface area contributed by atoms with Crippen molar-refractivity contribution in [3.8, 4) is 0 Å². The predicted octanol–water partition coefficient (Wildman–Crippen LogP) is 2.99. The Kier molecular flexibility index (Phi) is 5.23. The molecule has 1 aromatic rings. The van der Waals surface area contributed by atoms with Gasteiger partial charge in [-0.25, -0.2) is 4.98 Å². The van der Waals surface area contributed by atoms with E-state index in [1.807, 2.05) is 20.8 Å².